The number of rotatable bonds is 5. The summed E-state index contributed by atoms with van der Waals surface area (Å²) in [5.74, 6) is 2.34. The lowest BCUT2D eigenvalue weighted by Gasteiger charge is -2.31. The summed E-state index contributed by atoms with van der Waals surface area (Å²) in [6.07, 6.45) is 5.11. The fraction of sp³-hybridized carbons (Fsp3) is 0.556. The maximum absolute atomic E-state index is 4.70. The van der Waals surface area contributed by atoms with E-state index in [-0.39, 0.29) is 0 Å². The Morgan fingerprint density at radius 3 is 2.62 bits per heavy atom. The molecule has 1 fully saturated rings. The number of hydrogen-bond acceptors (Lipinski definition) is 6. The largest absolute Gasteiger partial charge is 0.361 e. The highest BCUT2D eigenvalue weighted by Crippen LogP contribution is 2.27. The van der Waals surface area contributed by atoms with Crippen molar-refractivity contribution in [3.05, 3.63) is 35.9 Å². The van der Waals surface area contributed by atoms with Crippen LogP contribution in [0.15, 0.2) is 24.4 Å². The molecular formula is C18H26N8. The van der Waals surface area contributed by atoms with Gasteiger partial charge in [-0.1, -0.05) is 0 Å². The number of hydrogen-bond donors (Lipinski definition) is 0. The average Bonchev–Trinajstić information content (AvgIpc) is 3.26. The first-order valence-corrected chi connectivity index (χ1v) is 9.21. The van der Waals surface area contributed by atoms with Gasteiger partial charge < -0.3 is 9.80 Å². The highest BCUT2D eigenvalue weighted by atomic mass is 15.4. The number of anilines is 1. The van der Waals surface area contributed by atoms with E-state index < -0.39 is 0 Å². The van der Waals surface area contributed by atoms with E-state index in [9.17, 15) is 0 Å². The van der Waals surface area contributed by atoms with Crippen LogP contribution in [-0.4, -0.2) is 68.2 Å². The second-order valence-electron chi connectivity index (χ2n) is 7.23. The number of fused-ring (bicyclic) bond motifs is 1. The lowest BCUT2D eigenvalue weighted by Crippen LogP contribution is -2.35. The third-order valence-electron chi connectivity index (χ3n) is 5.29. The van der Waals surface area contributed by atoms with Crippen molar-refractivity contribution in [3.63, 3.8) is 0 Å². The number of piperidine rings is 1. The molecule has 0 aliphatic carbocycles. The molecule has 0 saturated carbocycles. The SMILES string of the molecule is CN(C)c1ccc2nnc(C3CCN(CCc4ccnn4C)CC3)n2n1. The Kier molecular flexibility index (Phi) is 4.58. The maximum Gasteiger partial charge on any atom is 0.178 e. The van der Waals surface area contributed by atoms with Crippen LogP contribution in [0.25, 0.3) is 5.65 Å². The molecule has 138 valence electrons. The lowest BCUT2D eigenvalue weighted by atomic mass is 9.96. The zero-order valence-corrected chi connectivity index (χ0v) is 15.7. The molecule has 4 heterocycles. The van der Waals surface area contributed by atoms with Crippen LogP contribution in [0.2, 0.25) is 0 Å². The van der Waals surface area contributed by atoms with Crippen LogP contribution in [-0.2, 0) is 13.5 Å². The van der Waals surface area contributed by atoms with Crippen LogP contribution >= 0.6 is 0 Å². The quantitative estimate of drug-likeness (QED) is 0.689. The molecule has 3 aromatic heterocycles. The Balaban J connectivity index is 1.41. The first kappa shape index (κ1) is 17.0. The summed E-state index contributed by atoms with van der Waals surface area (Å²) in [6, 6.07) is 6.07. The van der Waals surface area contributed by atoms with Gasteiger partial charge in [0.05, 0.1) is 0 Å². The molecule has 8 heteroatoms. The fourth-order valence-electron chi connectivity index (χ4n) is 3.62. The van der Waals surface area contributed by atoms with Crippen molar-refractivity contribution in [1.82, 2.24) is 34.5 Å². The topological polar surface area (TPSA) is 67.4 Å². The molecule has 8 nitrogen and oxygen atoms in total. The third kappa shape index (κ3) is 3.29. The van der Waals surface area contributed by atoms with Gasteiger partial charge in [0.15, 0.2) is 11.5 Å². The van der Waals surface area contributed by atoms with Crippen LogP contribution in [0.1, 0.15) is 30.3 Å². The molecule has 0 amide bonds. The molecule has 1 aliphatic rings. The van der Waals surface area contributed by atoms with Crippen LogP contribution < -0.4 is 4.90 Å². The molecule has 0 spiro atoms. The molecule has 3 aromatic rings. The monoisotopic (exact) mass is 354 g/mol. The number of nitrogens with zero attached hydrogens (tertiary/aromatic N) is 8. The van der Waals surface area contributed by atoms with Gasteiger partial charge in [-0.25, -0.2) is 0 Å². The fourth-order valence-corrected chi connectivity index (χ4v) is 3.62. The number of aromatic nitrogens is 6. The van der Waals surface area contributed by atoms with E-state index >= 15 is 0 Å². The maximum atomic E-state index is 4.70. The Labute approximate surface area is 153 Å². The minimum atomic E-state index is 0.419. The Morgan fingerprint density at radius 1 is 1.12 bits per heavy atom. The van der Waals surface area contributed by atoms with Gasteiger partial charge >= 0.3 is 0 Å². The molecular weight excluding hydrogens is 328 g/mol. The van der Waals surface area contributed by atoms with Gasteiger partial charge in [-0.15, -0.1) is 15.3 Å². The molecule has 0 unspecified atom stereocenters. The summed E-state index contributed by atoms with van der Waals surface area (Å²) < 4.78 is 3.88. The van der Waals surface area contributed by atoms with Crippen molar-refractivity contribution >= 4 is 11.5 Å². The standard InChI is InChI=1S/C18H26N8/c1-23(2)17-5-4-16-20-21-18(26(16)22-17)14-7-11-25(12-8-14)13-9-15-6-10-19-24(15)3/h4-6,10,14H,7-9,11-13H2,1-3H3. The Morgan fingerprint density at radius 2 is 1.92 bits per heavy atom. The van der Waals surface area contributed by atoms with Gasteiger partial charge in [0.1, 0.15) is 5.82 Å². The highest BCUT2D eigenvalue weighted by Gasteiger charge is 2.25. The van der Waals surface area contributed by atoms with E-state index in [4.69, 9.17) is 5.10 Å². The molecule has 0 N–H and O–H groups in total. The van der Waals surface area contributed by atoms with Crippen molar-refractivity contribution in [2.45, 2.75) is 25.2 Å². The minimum Gasteiger partial charge on any atom is -0.361 e. The van der Waals surface area contributed by atoms with Gasteiger partial charge in [-0.05, 0) is 44.1 Å². The lowest BCUT2D eigenvalue weighted by molar-refractivity contribution is 0.209. The second kappa shape index (κ2) is 7.03. The summed E-state index contributed by atoms with van der Waals surface area (Å²) in [4.78, 5) is 4.54. The minimum absolute atomic E-state index is 0.419. The number of likely N-dealkylation sites (tertiary alicyclic amines) is 1. The van der Waals surface area contributed by atoms with Gasteiger partial charge in [0, 0.05) is 51.9 Å². The van der Waals surface area contributed by atoms with Crippen molar-refractivity contribution in [2.75, 3.05) is 38.6 Å². The predicted molar refractivity (Wildman–Crippen MR) is 100 cm³/mol. The van der Waals surface area contributed by atoms with Crippen LogP contribution in [0.3, 0.4) is 0 Å². The Bertz CT molecular complexity index is 872. The first-order chi connectivity index (χ1) is 12.6. The summed E-state index contributed by atoms with van der Waals surface area (Å²) in [7, 11) is 6.00. The third-order valence-corrected chi connectivity index (χ3v) is 5.29. The second-order valence-corrected chi connectivity index (χ2v) is 7.23. The molecule has 4 rings (SSSR count). The molecule has 0 bridgehead atoms. The number of aryl methyl sites for hydroxylation is 1. The van der Waals surface area contributed by atoms with Gasteiger partial charge in [-0.2, -0.15) is 9.61 Å². The summed E-state index contributed by atoms with van der Waals surface area (Å²) >= 11 is 0. The summed E-state index contributed by atoms with van der Waals surface area (Å²) in [5, 5.41) is 17.7. The van der Waals surface area contributed by atoms with Gasteiger partial charge in [0.25, 0.3) is 0 Å². The van der Waals surface area contributed by atoms with E-state index in [2.05, 4.69) is 26.3 Å². The van der Waals surface area contributed by atoms with Crippen LogP contribution in [0.4, 0.5) is 5.82 Å². The molecule has 1 saturated heterocycles. The van der Waals surface area contributed by atoms with E-state index in [0.717, 1.165) is 56.2 Å². The molecule has 0 radical (unpaired) electrons. The van der Waals surface area contributed by atoms with Crippen LogP contribution in [0.5, 0.6) is 0 Å². The predicted octanol–water partition coefficient (Wildman–Crippen LogP) is 1.35. The highest BCUT2D eigenvalue weighted by molar-refractivity contribution is 5.45. The van der Waals surface area contributed by atoms with E-state index in [1.165, 1.54) is 5.69 Å². The van der Waals surface area contributed by atoms with Crippen molar-refractivity contribution in [3.8, 4) is 0 Å². The average molecular weight is 354 g/mol. The van der Waals surface area contributed by atoms with Crippen molar-refractivity contribution in [1.29, 1.82) is 0 Å². The zero-order chi connectivity index (χ0) is 18.1. The van der Waals surface area contributed by atoms with Gasteiger partial charge in [0.2, 0.25) is 0 Å². The van der Waals surface area contributed by atoms with Crippen molar-refractivity contribution < 1.29 is 0 Å². The smallest absolute Gasteiger partial charge is 0.178 e. The molecule has 26 heavy (non-hydrogen) atoms. The normalized spacial score (nSPS) is 16.4. The van der Waals surface area contributed by atoms with E-state index in [1.54, 1.807) is 0 Å². The summed E-state index contributed by atoms with van der Waals surface area (Å²) in [5.41, 5.74) is 2.11. The van der Waals surface area contributed by atoms with Gasteiger partial charge in [-0.3, -0.25) is 4.68 Å². The van der Waals surface area contributed by atoms with Crippen molar-refractivity contribution in [2.24, 2.45) is 7.05 Å². The zero-order valence-electron chi connectivity index (χ0n) is 15.7. The summed E-state index contributed by atoms with van der Waals surface area (Å²) in [6.45, 7) is 3.26. The van der Waals surface area contributed by atoms with E-state index in [0.29, 0.717) is 5.92 Å². The first-order valence-electron chi connectivity index (χ1n) is 9.21. The Hall–Kier alpha value is -2.48. The van der Waals surface area contributed by atoms with Crippen LogP contribution in [0, 0.1) is 0 Å². The molecule has 0 atom stereocenters. The molecule has 0 aromatic carbocycles. The van der Waals surface area contributed by atoms with E-state index in [1.807, 2.05) is 53.6 Å². The molecule has 1 aliphatic heterocycles.